The van der Waals surface area contributed by atoms with Crippen LogP contribution in [0, 0.1) is 0 Å². The first-order valence-corrected chi connectivity index (χ1v) is 13.3. The van der Waals surface area contributed by atoms with Crippen molar-refractivity contribution in [1.82, 2.24) is 9.88 Å². The van der Waals surface area contributed by atoms with Gasteiger partial charge in [0.15, 0.2) is 15.0 Å². The number of fused-ring (bicyclic) bond motifs is 1. The van der Waals surface area contributed by atoms with Gasteiger partial charge in [0.2, 0.25) is 0 Å². The topological polar surface area (TPSA) is 79.8 Å². The first-order valence-electron chi connectivity index (χ1n) is 10.6. The van der Waals surface area contributed by atoms with Crippen LogP contribution in [-0.2, 0) is 9.84 Å². The van der Waals surface area contributed by atoms with E-state index in [9.17, 15) is 13.2 Å². The second-order valence-electron chi connectivity index (χ2n) is 8.07. The Morgan fingerprint density at radius 1 is 0.914 bits per heavy atom. The lowest BCUT2D eigenvalue weighted by Gasteiger charge is -2.22. The van der Waals surface area contributed by atoms with Crippen LogP contribution in [-0.4, -0.2) is 57.6 Å². The van der Waals surface area contributed by atoms with Crippen molar-refractivity contribution in [3.05, 3.63) is 78.4 Å². The van der Waals surface area contributed by atoms with Gasteiger partial charge in [-0.3, -0.25) is 9.69 Å². The number of halogens is 1. The standard InChI is InChI=1S/C25H25N3O4S2.ClH/c1-27(2)16-17-28(25-26-23-21(33-25)10-7-11-22(23)34(3,30)31)24(29)18-12-14-20(15-13-18)32-19-8-5-4-6-9-19;/h4-15H,16-17H2,1-3H3;1H. The van der Waals surface area contributed by atoms with E-state index in [0.29, 0.717) is 45.5 Å². The summed E-state index contributed by atoms with van der Waals surface area (Å²) >= 11 is 1.30. The Morgan fingerprint density at radius 3 is 2.20 bits per heavy atom. The lowest BCUT2D eigenvalue weighted by atomic mass is 10.2. The summed E-state index contributed by atoms with van der Waals surface area (Å²) in [5, 5.41) is 0.461. The van der Waals surface area contributed by atoms with Crippen molar-refractivity contribution in [1.29, 1.82) is 0 Å². The second kappa shape index (κ2) is 11.2. The van der Waals surface area contributed by atoms with Crippen molar-refractivity contribution in [2.45, 2.75) is 4.90 Å². The second-order valence-corrected chi connectivity index (χ2v) is 11.1. The van der Waals surface area contributed by atoms with E-state index < -0.39 is 9.84 Å². The van der Waals surface area contributed by atoms with Crippen LogP contribution in [0.4, 0.5) is 5.13 Å². The van der Waals surface area contributed by atoms with Crippen molar-refractivity contribution < 1.29 is 17.9 Å². The third-order valence-electron chi connectivity index (χ3n) is 5.10. The molecule has 0 atom stereocenters. The van der Waals surface area contributed by atoms with Crippen LogP contribution in [0.15, 0.2) is 77.7 Å². The molecule has 0 aliphatic heterocycles. The van der Waals surface area contributed by atoms with Gasteiger partial charge in [-0.25, -0.2) is 13.4 Å². The lowest BCUT2D eigenvalue weighted by Crippen LogP contribution is -2.36. The fourth-order valence-electron chi connectivity index (χ4n) is 3.36. The Labute approximate surface area is 215 Å². The minimum Gasteiger partial charge on any atom is -0.457 e. The number of hydrogen-bond acceptors (Lipinski definition) is 7. The van der Waals surface area contributed by atoms with Gasteiger partial charge in [0.25, 0.3) is 5.91 Å². The van der Waals surface area contributed by atoms with Crippen LogP contribution in [0.3, 0.4) is 0 Å². The minimum atomic E-state index is -3.45. The number of hydrogen-bond donors (Lipinski definition) is 0. The number of amides is 1. The van der Waals surface area contributed by atoms with Gasteiger partial charge in [-0.05, 0) is 62.6 Å². The molecule has 0 aliphatic carbocycles. The third kappa shape index (κ3) is 6.37. The highest BCUT2D eigenvalue weighted by Crippen LogP contribution is 2.33. The molecule has 0 aliphatic rings. The monoisotopic (exact) mass is 531 g/mol. The van der Waals surface area contributed by atoms with Gasteiger partial charge in [-0.15, -0.1) is 12.4 Å². The molecule has 0 radical (unpaired) electrons. The number of nitrogens with zero attached hydrogens (tertiary/aromatic N) is 3. The predicted octanol–water partition coefficient (Wildman–Crippen LogP) is 5.12. The van der Waals surface area contributed by atoms with Crippen molar-refractivity contribution in [3.63, 3.8) is 0 Å². The normalized spacial score (nSPS) is 11.3. The molecule has 0 spiro atoms. The van der Waals surface area contributed by atoms with Crippen molar-refractivity contribution in [2.75, 3.05) is 38.3 Å². The number of sulfone groups is 1. The minimum absolute atomic E-state index is 0. The Morgan fingerprint density at radius 2 is 1.57 bits per heavy atom. The maximum atomic E-state index is 13.5. The summed E-state index contributed by atoms with van der Waals surface area (Å²) in [5.41, 5.74) is 0.876. The molecule has 1 amide bonds. The van der Waals surface area contributed by atoms with E-state index in [0.717, 1.165) is 6.26 Å². The van der Waals surface area contributed by atoms with E-state index in [-0.39, 0.29) is 23.2 Å². The molecular weight excluding hydrogens is 506 g/mol. The molecule has 0 fully saturated rings. The summed E-state index contributed by atoms with van der Waals surface area (Å²) in [5.74, 6) is 1.12. The number of likely N-dealkylation sites (N-methyl/N-ethyl adjacent to an activating group) is 1. The number of thiazole rings is 1. The molecule has 184 valence electrons. The summed E-state index contributed by atoms with van der Waals surface area (Å²) < 4.78 is 31.0. The number of carbonyl (C=O) groups is 1. The van der Waals surface area contributed by atoms with Crippen molar-refractivity contribution >= 4 is 54.8 Å². The lowest BCUT2D eigenvalue weighted by molar-refractivity contribution is 0.0985. The molecule has 3 aromatic carbocycles. The molecule has 1 heterocycles. The molecule has 4 rings (SSSR count). The van der Waals surface area contributed by atoms with Crippen LogP contribution in [0.25, 0.3) is 10.2 Å². The van der Waals surface area contributed by atoms with E-state index in [2.05, 4.69) is 4.98 Å². The number of anilines is 1. The molecule has 0 saturated heterocycles. The van der Waals surface area contributed by atoms with Crippen LogP contribution in [0.2, 0.25) is 0 Å². The van der Waals surface area contributed by atoms with E-state index >= 15 is 0 Å². The number of rotatable bonds is 8. The molecule has 7 nitrogen and oxygen atoms in total. The van der Waals surface area contributed by atoms with Crippen LogP contribution >= 0.6 is 23.7 Å². The summed E-state index contributed by atoms with van der Waals surface area (Å²) in [6.07, 6.45) is 1.16. The van der Waals surface area contributed by atoms with Crippen LogP contribution in [0.5, 0.6) is 11.5 Å². The molecule has 0 N–H and O–H groups in total. The zero-order chi connectivity index (χ0) is 24.3. The number of ether oxygens (including phenoxy) is 1. The Balaban J connectivity index is 0.00000342. The number of para-hydroxylation sites is 2. The smallest absolute Gasteiger partial charge is 0.260 e. The molecule has 35 heavy (non-hydrogen) atoms. The summed E-state index contributed by atoms with van der Waals surface area (Å²) in [6, 6.07) is 21.4. The first kappa shape index (κ1) is 26.6. The number of benzene rings is 3. The molecule has 0 saturated carbocycles. The van der Waals surface area contributed by atoms with Crippen molar-refractivity contribution in [3.8, 4) is 11.5 Å². The Hall–Kier alpha value is -2.98. The van der Waals surface area contributed by atoms with Gasteiger partial charge in [0.05, 0.1) is 9.60 Å². The van der Waals surface area contributed by atoms with E-state index in [4.69, 9.17) is 4.74 Å². The summed E-state index contributed by atoms with van der Waals surface area (Å²) in [7, 11) is 0.406. The molecular formula is C25H26ClN3O4S2. The van der Waals surface area contributed by atoms with Gasteiger partial charge in [0.1, 0.15) is 17.0 Å². The Kier molecular flexibility index (Phi) is 8.50. The average molecular weight is 532 g/mol. The highest BCUT2D eigenvalue weighted by molar-refractivity contribution is 7.91. The summed E-state index contributed by atoms with van der Waals surface area (Å²) in [6.45, 7) is 1.03. The maximum Gasteiger partial charge on any atom is 0.260 e. The fraction of sp³-hybridized carbons (Fsp3) is 0.200. The average Bonchev–Trinajstić information content (AvgIpc) is 3.23. The maximum absolute atomic E-state index is 13.5. The number of aromatic nitrogens is 1. The number of carbonyl (C=O) groups excluding carboxylic acids is 1. The highest BCUT2D eigenvalue weighted by atomic mass is 35.5. The van der Waals surface area contributed by atoms with Crippen LogP contribution < -0.4 is 9.64 Å². The van der Waals surface area contributed by atoms with E-state index in [1.807, 2.05) is 55.4 Å². The highest BCUT2D eigenvalue weighted by Gasteiger charge is 2.23. The van der Waals surface area contributed by atoms with Crippen molar-refractivity contribution in [2.24, 2.45) is 0 Å². The first-order chi connectivity index (χ1) is 16.2. The Bertz CT molecular complexity index is 1410. The predicted molar refractivity (Wildman–Crippen MR) is 143 cm³/mol. The quantitative estimate of drug-likeness (QED) is 0.314. The molecule has 0 bridgehead atoms. The van der Waals surface area contributed by atoms with Gasteiger partial charge in [-0.1, -0.05) is 35.6 Å². The third-order valence-corrected chi connectivity index (χ3v) is 7.27. The van der Waals surface area contributed by atoms with Gasteiger partial charge in [-0.2, -0.15) is 0 Å². The van der Waals surface area contributed by atoms with E-state index in [1.54, 1.807) is 41.3 Å². The SMILES string of the molecule is CN(C)CCN(C(=O)c1ccc(Oc2ccccc2)cc1)c1nc2c(S(C)(=O)=O)cccc2s1.Cl. The van der Waals surface area contributed by atoms with Gasteiger partial charge in [0, 0.05) is 24.9 Å². The van der Waals surface area contributed by atoms with Gasteiger partial charge >= 0.3 is 0 Å². The zero-order valence-corrected chi connectivity index (χ0v) is 22.0. The fourth-order valence-corrected chi connectivity index (χ4v) is 5.27. The largest absolute Gasteiger partial charge is 0.457 e. The zero-order valence-electron chi connectivity index (χ0n) is 19.5. The van der Waals surface area contributed by atoms with E-state index in [1.165, 1.54) is 11.3 Å². The van der Waals surface area contributed by atoms with Gasteiger partial charge < -0.3 is 9.64 Å². The van der Waals surface area contributed by atoms with Crippen LogP contribution in [0.1, 0.15) is 10.4 Å². The molecule has 10 heteroatoms. The molecule has 1 aromatic heterocycles. The molecule has 0 unspecified atom stereocenters. The summed E-state index contributed by atoms with van der Waals surface area (Å²) in [4.78, 5) is 21.8. The molecule has 4 aromatic rings.